The Balaban J connectivity index is 0.00000169. The average molecular weight is 244 g/mol. The topological polar surface area (TPSA) is 46.5 Å². The van der Waals surface area contributed by atoms with Crippen molar-refractivity contribution in [2.45, 2.75) is 13.5 Å². The predicted molar refractivity (Wildman–Crippen MR) is 48.7 cm³/mol. The van der Waals surface area contributed by atoms with E-state index < -0.39 is 5.97 Å². The minimum absolute atomic E-state index is 0. The fraction of sp³-hybridized carbons (Fsp3) is 0.300. The van der Waals surface area contributed by atoms with Crippen LogP contribution in [0.1, 0.15) is 22.8 Å². The van der Waals surface area contributed by atoms with Crippen LogP contribution in [0.15, 0.2) is 24.3 Å². The van der Waals surface area contributed by atoms with Crippen LogP contribution < -0.4 is 0 Å². The van der Waals surface area contributed by atoms with Gasteiger partial charge in [0.2, 0.25) is 0 Å². The third-order valence-electron chi connectivity index (χ3n) is 1.67. The second-order valence-electron chi connectivity index (χ2n) is 2.64. The molecule has 1 N–H and O–H groups in total. The van der Waals surface area contributed by atoms with E-state index in [-0.39, 0.29) is 17.1 Å². The van der Waals surface area contributed by atoms with Crippen LogP contribution in [0.2, 0.25) is 0 Å². The molecule has 0 spiro atoms. The number of rotatable bonds is 4. The number of hydrogen-bond acceptors (Lipinski definition) is 2. The first-order valence-corrected chi connectivity index (χ1v) is 4.14. The van der Waals surface area contributed by atoms with Crippen molar-refractivity contribution < 1.29 is 31.7 Å². The number of aromatic carboxylic acids is 1. The fourth-order valence-electron chi connectivity index (χ4n) is 0.963. The Kier molecular flexibility index (Phi) is 6.21. The molecular weight excluding hydrogens is 232 g/mol. The van der Waals surface area contributed by atoms with Crippen molar-refractivity contribution in [2.24, 2.45) is 0 Å². The zero-order chi connectivity index (χ0) is 9.68. The quantitative estimate of drug-likeness (QED) is 0.822. The molecule has 0 bridgehead atoms. The number of carbonyl (C=O) groups is 1. The number of carboxylic acid groups (broad SMARTS) is 1. The number of ether oxygens (including phenoxy) is 1. The largest absolute Gasteiger partial charge is 0.478 e. The SMILES string of the molecule is CCOCc1ccc(C(=O)O)cc1.[Cu]. The van der Waals surface area contributed by atoms with Gasteiger partial charge in [-0.3, -0.25) is 0 Å². The van der Waals surface area contributed by atoms with Crippen molar-refractivity contribution in [1.29, 1.82) is 0 Å². The minimum Gasteiger partial charge on any atom is -0.478 e. The van der Waals surface area contributed by atoms with Crippen LogP contribution in [0.5, 0.6) is 0 Å². The molecule has 14 heavy (non-hydrogen) atoms. The molecular formula is C10H12CuO3. The Morgan fingerprint density at radius 3 is 2.36 bits per heavy atom. The Hall–Kier alpha value is -0.831. The first kappa shape index (κ1) is 13.2. The summed E-state index contributed by atoms with van der Waals surface area (Å²) in [7, 11) is 0. The second kappa shape index (κ2) is 6.60. The molecule has 0 aromatic heterocycles. The summed E-state index contributed by atoms with van der Waals surface area (Å²) in [6.45, 7) is 3.13. The third-order valence-corrected chi connectivity index (χ3v) is 1.67. The molecule has 0 atom stereocenters. The van der Waals surface area contributed by atoms with Crippen molar-refractivity contribution in [2.75, 3.05) is 6.61 Å². The maximum absolute atomic E-state index is 10.5. The van der Waals surface area contributed by atoms with Gasteiger partial charge >= 0.3 is 5.97 Å². The van der Waals surface area contributed by atoms with Gasteiger partial charge in [-0.2, -0.15) is 0 Å². The van der Waals surface area contributed by atoms with E-state index in [0.29, 0.717) is 18.8 Å². The zero-order valence-electron chi connectivity index (χ0n) is 7.79. The first-order chi connectivity index (χ1) is 6.24. The number of benzene rings is 1. The van der Waals surface area contributed by atoms with Crippen LogP contribution in [0.4, 0.5) is 0 Å². The summed E-state index contributed by atoms with van der Waals surface area (Å²) >= 11 is 0. The minimum atomic E-state index is -0.900. The standard InChI is InChI=1S/C10H12O3.Cu/c1-2-13-7-8-3-5-9(6-4-8)10(11)12;/h3-6H,2,7H2,1H3,(H,11,12);. The Labute approximate surface area is 93.6 Å². The normalized spacial score (nSPS) is 9.21. The molecule has 1 aromatic rings. The zero-order valence-corrected chi connectivity index (χ0v) is 8.73. The molecule has 0 unspecified atom stereocenters. The van der Waals surface area contributed by atoms with Gasteiger partial charge in [-0.25, -0.2) is 4.79 Å². The first-order valence-electron chi connectivity index (χ1n) is 4.14. The van der Waals surface area contributed by atoms with Gasteiger partial charge in [0.15, 0.2) is 0 Å². The van der Waals surface area contributed by atoms with Gasteiger partial charge < -0.3 is 9.84 Å². The smallest absolute Gasteiger partial charge is 0.335 e. The average Bonchev–Trinajstić information content (AvgIpc) is 2.15. The molecule has 1 radical (unpaired) electrons. The van der Waals surface area contributed by atoms with Crippen LogP contribution in [-0.4, -0.2) is 17.7 Å². The molecule has 1 aromatic carbocycles. The molecule has 81 valence electrons. The number of hydrogen-bond donors (Lipinski definition) is 1. The van der Waals surface area contributed by atoms with Gasteiger partial charge in [0, 0.05) is 23.7 Å². The summed E-state index contributed by atoms with van der Waals surface area (Å²) < 4.78 is 5.17. The van der Waals surface area contributed by atoms with E-state index in [1.54, 1.807) is 24.3 Å². The van der Waals surface area contributed by atoms with Gasteiger partial charge in [0.25, 0.3) is 0 Å². The van der Waals surface area contributed by atoms with Crippen molar-refractivity contribution in [3.63, 3.8) is 0 Å². The maximum Gasteiger partial charge on any atom is 0.335 e. The summed E-state index contributed by atoms with van der Waals surface area (Å²) in [5.74, 6) is -0.900. The van der Waals surface area contributed by atoms with E-state index in [9.17, 15) is 4.79 Å². The van der Waals surface area contributed by atoms with E-state index in [2.05, 4.69) is 0 Å². The maximum atomic E-state index is 10.5. The molecule has 0 saturated carbocycles. The predicted octanol–water partition coefficient (Wildman–Crippen LogP) is 1.92. The summed E-state index contributed by atoms with van der Waals surface area (Å²) in [6, 6.07) is 6.69. The van der Waals surface area contributed by atoms with E-state index in [4.69, 9.17) is 9.84 Å². The van der Waals surface area contributed by atoms with Crippen molar-refractivity contribution in [1.82, 2.24) is 0 Å². The molecule has 0 amide bonds. The number of carboxylic acids is 1. The molecule has 4 heteroatoms. The van der Waals surface area contributed by atoms with Gasteiger partial charge in [0.1, 0.15) is 0 Å². The molecule has 1 rings (SSSR count). The van der Waals surface area contributed by atoms with Crippen LogP contribution in [0, 0.1) is 0 Å². The molecule has 0 fully saturated rings. The molecule has 0 aliphatic heterocycles. The monoisotopic (exact) mass is 243 g/mol. The van der Waals surface area contributed by atoms with Crippen LogP contribution in [-0.2, 0) is 28.4 Å². The Morgan fingerprint density at radius 2 is 1.93 bits per heavy atom. The molecule has 3 nitrogen and oxygen atoms in total. The molecule has 0 aliphatic rings. The van der Waals surface area contributed by atoms with E-state index in [1.807, 2.05) is 6.92 Å². The van der Waals surface area contributed by atoms with Crippen molar-refractivity contribution in [3.05, 3.63) is 35.4 Å². The third kappa shape index (κ3) is 3.92. The van der Waals surface area contributed by atoms with E-state index in [0.717, 1.165) is 5.56 Å². The van der Waals surface area contributed by atoms with Crippen LogP contribution in [0.25, 0.3) is 0 Å². The Morgan fingerprint density at radius 1 is 1.36 bits per heavy atom. The van der Waals surface area contributed by atoms with Gasteiger partial charge in [-0.1, -0.05) is 12.1 Å². The molecule has 0 heterocycles. The second-order valence-corrected chi connectivity index (χ2v) is 2.64. The van der Waals surface area contributed by atoms with Crippen molar-refractivity contribution >= 4 is 5.97 Å². The van der Waals surface area contributed by atoms with Crippen LogP contribution in [0.3, 0.4) is 0 Å². The summed E-state index contributed by atoms with van der Waals surface area (Å²) in [6.07, 6.45) is 0. The van der Waals surface area contributed by atoms with E-state index in [1.165, 1.54) is 0 Å². The van der Waals surface area contributed by atoms with E-state index >= 15 is 0 Å². The van der Waals surface area contributed by atoms with Crippen molar-refractivity contribution in [3.8, 4) is 0 Å². The summed E-state index contributed by atoms with van der Waals surface area (Å²) in [5.41, 5.74) is 1.30. The Bertz CT molecular complexity index is 282. The van der Waals surface area contributed by atoms with Crippen LogP contribution >= 0.6 is 0 Å². The molecule has 0 aliphatic carbocycles. The van der Waals surface area contributed by atoms with Gasteiger partial charge in [-0.05, 0) is 24.6 Å². The summed E-state index contributed by atoms with van der Waals surface area (Å²) in [4.78, 5) is 10.5. The summed E-state index contributed by atoms with van der Waals surface area (Å²) in [5, 5.41) is 8.62. The van der Waals surface area contributed by atoms with Gasteiger partial charge in [-0.15, -0.1) is 0 Å². The molecule has 0 saturated heterocycles. The fourth-order valence-corrected chi connectivity index (χ4v) is 0.963. The van der Waals surface area contributed by atoms with Gasteiger partial charge in [0.05, 0.1) is 12.2 Å².